The highest BCUT2D eigenvalue weighted by molar-refractivity contribution is 6.06. The summed E-state index contributed by atoms with van der Waals surface area (Å²) in [6.45, 7) is 8.61. The summed E-state index contributed by atoms with van der Waals surface area (Å²) >= 11 is 0. The second-order valence-electron chi connectivity index (χ2n) is 11.1. The average Bonchev–Trinajstić information content (AvgIpc) is 3.30. The number of unbranched alkanes of at least 4 members (excludes halogenated alkanes) is 1. The van der Waals surface area contributed by atoms with E-state index in [-0.39, 0.29) is 25.7 Å². The SMILES string of the molecule is CCCCc1nc2c(N)nc3cc(CCCN4CCN(C(=O)COC)CC4)ccc3c2n1CC(C)(CO)CO. The maximum absolute atomic E-state index is 12.0. The number of carbonyl (C=O) groups excluding carboxylic acids is 1. The van der Waals surface area contributed by atoms with Crippen LogP contribution in [0.2, 0.25) is 0 Å². The number of imidazole rings is 1. The zero-order valence-corrected chi connectivity index (χ0v) is 23.7. The van der Waals surface area contributed by atoms with Crippen molar-refractivity contribution in [3.63, 3.8) is 0 Å². The van der Waals surface area contributed by atoms with Gasteiger partial charge in [0, 0.05) is 57.1 Å². The van der Waals surface area contributed by atoms with Gasteiger partial charge in [0.2, 0.25) is 5.91 Å². The quantitative estimate of drug-likeness (QED) is 0.301. The topological polar surface area (TPSA) is 130 Å². The number of hydrogen-bond acceptors (Lipinski definition) is 8. The number of fused-ring (bicyclic) bond motifs is 3. The Morgan fingerprint density at radius 1 is 1.10 bits per heavy atom. The summed E-state index contributed by atoms with van der Waals surface area (Å²) in [5, 5.41) is 21.0. The van der Waals surface area contributed by atoms with Gasteiger partial charge in [0.25, 0.3) is 0 Å². The van der Waals surface area contributed by atoms with Crippen molar-refractivity contribution in [2.24, 2.45) is 5.41 Å². The number of aromatic nitrogens is 3. The minimum Gasteiger partial charge on any atom is -0.396 e. The number of methoxy groups -OCH3 is 1. The first-order chi connectivity index (χ1) is 18.8. The molecule has 1 amide bonds. The summed E-state index contributed by atoms with van der Waals surface area (Å²) < 4.78 is 7.10. The highest BCUT2D eigenvalue weighted by atomic mass is 16.5. The number of rotatable bonds is 13. The number of nitrogens with two attached hydrogens (primary N) is 1. The zero-order chi connectivity index (χ0) is 28.0. The van der Waals surface area contributed by atoms with Gasteiger partial charge in [0.1, 0.15) is 17.9 Å². The van der Waals surface area contributed by atoms with Crippen molar-refractivity contribution in [3.05, 3.63) is 29.6 Å². The van der Waals surface area contributed by atoms with E-state index in [4.69, 9.17) is 20.4 Å². The summed E-state index contributed by atoms with van der Waals surface area (Å²) in [4.78, 5) is 25.9. The standard InChI is InChI=1S/C29H44N6O4/c1-4-5-8-24-32-26-27(35(24)18-29(2,19-36)20-37)22-10-9-21(16-23(22)31-28(26)30)7-6-11-33-12-14-34(15-13-33)25(38)17-39-3/h9-10,16,36-37H,4-8,11-15,17-20H2,1-3H3,(H2,30,31). The number of ether oxygens (including phenoxy) is 1. The van der Waals surface area contributed by atoms with Crippen LogP contribution in [0.3, 0.4) is 0 Å². The summed E-state index contributed by atoms with van der Waals surface area (Å²) in [7, 11) is 1.55. The fourth-order valence-corrected chi connectivity index (χ4v) is 5.33. The Hall–Kier alpha value is -2.79. The summed E-state index contributed by atoms with van der Waals surface area (Å²) in [6, 6.07) is 6.38. The molecule has 0 radical (unpaired) electrons. The molecule has 4 N–H and O–H groups in total. The molecule has 0 unspecified atom stereocenters. The van der Waals surface area contributed by atoms with Crippen molar-refractivity contribution in [3.8, 4) is 0 Å². The Kier molecular flexibility index (Phi) is 9.76. The molecule has 10 nitrogen and oxygen atoms in total. The highest BCUT2D eigenvalue weighted by Gasteiger charge is 2.27. The van der Waals surface area contributed by atoms with Crippen LogP contribution in [0.1, 0.15) is 44.5 Å². The van der Waals surface area contributed by atoms with Crippen LogP contribution in [-0.2, 0) is 28.9 Å². The van der Waals surface area contributed by atoms with Crippen molar-refractivity contribution in [2.75, 3.05) is 65.4 Å². The number of aryl methyl sites for hydroxylation is 2. The van der Waals surface area contributed by atoms with Crippen molar-refractivity contribution in [2.45, 2.75) is 52.5 Å². The van der Waals surface area contributed by atoms with Gasteiger partial charge in [0.05, 0.1) is 24.2 Å². The number of hydrogen-bond donors (Lipinski definition) is 3. The molecule has 2 aromatic heterocycles. The first kappa shape index (κ1) is 29.2. The minimum atomic E-state index is -0.679. The lowest BCUT2D eigenvalue weighted by Gasteiger charge is -2.34. The smallest absolute Gasteiger partial charge is 0.248 e. The molecule has 0 saturated carbocycles. The van der Waals surface area contributed by atoms with Gasteiger partial charge >= 0.3 is 0 Å². The number of amides is 1. The molecule has 10 heteroatoms. The van der Waals surface area contributed by atoms with Crippen molar-refractivity contribution in [1.29, 1.82) is 0 Å². The second kappa shape index (κ2) is 13.0. The van der Waals surface area contributed by atoms with E-state index in [1.54, 1.807) is 7.11 Å². The van der Waals surface area contributed by atoms with Crippen LogP contribution in [-0.4, -0.2) is 100 Å². The van der Waals surface area contributed by atoms with Crippen molar-refractivity contribution in [1.82, 2.24) is 24.3 Å². The predicted molar refractivity (Wildman–Crippen MR) is 154 cm³/mol. The van der Waals surface area contributed by atoms with Crippen molar-refractivity contribution >= 4 is 33.7 Å². The molecule has 39 heavy (non-hydrogen) atoms. The molecule has 0 bridgehead atoms. The van der Waals surface area contributed by atoms with Crippen LogP contribution < -0.4 is 5.73 Å². The van der Waals surface area contributed by atoms with Gasteiger partial charge in [-0.05, 0) is 37.4 Å². The third kappa shape index (κ3) is 6.69. The van der Waals surface area contributed by atoms with Crippen LogP contribution in [0, 0.1) is 5.41 Å². The van der Waals surface area contributed by atoms with E-state index in [1.807, 2.05) is 11.8 Å². The lowest BCUT2D eigenvalue weighted by Crippen LogP contribution is -2.49. The fourth-order valence-electron chi connectivity index (χ4n) is 5.33. The van der Waals surface area contributed by atoms with E-state index in [0.29, 0.717) is 17.9 Å². The van der Waals surface area contributed by atoms with E-state index < -0.39 is 5.41 Å². The van der Waals surface area contributed by atoms with Gasteiger partial charge in [-0.3, -0.25) is 9.69 Å². The van der Waals surface area contributed by atoms with Crippen LogP contribution in [0.25, 0.3) is 21.9 Å². The Labute approximate surface area is 230 Å². The summed E-state index contributed by atoms with van der Waals surface area (Å²) in [5.74, 6) is 1.38. The largest absolute Gasteiger partial charge is 0.396 e. The third-order valence-electron chi connectivity index (χ3n) is 7.84. The van der Waals surface area contributed by atoms with E-state index in [2.05, 4.69) is 34.6 Å². The Morgan fingerprint density at radius 3 is 2.51 bits per heavy atom. The molecule has 1 fully saturated rings. The molecule has 0 spiro atoms. The van der Waals surface area contributed by atoms with Gasteiger partial charge in [0.15, 0.2) is 5.82 Å². The predicted octanol–water partition coefficient (Wildman–Crippen LogP) is 2.22. The Morgan fingerprint density at radius 2 is 1.85 bits per heavy atom. The summed E-state index contributed by atoms with van der Waals surface area (Å²) in [6.07, 6.45) is 4.77. The average molecular weight is 541 g/mol. The number of aliphatic hydroxyl groups is 2. The molecule has 0 atom stereocenters. The van der Waals surface area contributed by atoms with E-state index in [0.717, 1.165) is 87.1 Å². The first-order valence-corrected chi connectivity index (χ1v) is 14.1. The maximum atomic E-state index is 12.0. The van der Waals surface area contributed by atoms with Gasteiger partial charge in [-0.25, -0.2) is 9.97 Å². The lowest BCUT2D eigenvalue weighted by atomic mass is 9.92. The number of nitrogen functional groups attached to an aromatic ring is 1. The lowest BCUT2D eigenvalue weighted by molar-refractivity contribution is -0.136. The molecule has 214 valence electrons. The number of nitrogens with zero attached hydrogens (tertiary/aromatic N) is 5. The second-order valence-corrected chi connectivity index (χ2v) is 11.1. The molecule has 3 aromatic rings. The Bertz CT molecular complexity index is 1260. The van der Waals surface area contributed by atoms with Gasteiger partial charge in [-0.15, -0.1) is 0 Å². The number of carbonyl (C=O) groups is 1. The molecule has 1 aliphatic rings. The Balaban J connectivity index is 1.52. The first-order valence-electron chi connectivity index (χ1n) is 14.1. The number of benzene rings is 1. The van der Waals surface area contributed by atoms with Crippen LogP contribution in [0.4, 0.5) is 5.82 Å². The maximum Gasteiger partial charge on any atom is 0.248 e. The fraction of sp³-hybridized carbons (Fsp3) is 0.621. The molecule has 3 heterocycles. The molecule has 1 aromatic carbocycles. The number of anilines is 1. The molecule has 1 saturated heterocycles. The molecular weight excluding hydrogens is 496 g/mol. The number of piperazine rings is 1. The van der Waals surface area contributed by atoms with Crippen LogP contribution in [0.15, 0.2) is 18.2 Å². The number of aliphatic hydroxyl groups excluding tert-OH is 2. The van der Waals surface area contributed by atoms with E-state index in [9.17, 15) is 15.0 Å². The van der Waals surface area contributed by atoms with E-state index >= 15 is 0 Å². The van der Waals surface area contributed by atoms with Gasteiger partial charge < -0.3 is 30.2 Å². The highest BCUT2D eigenvalue weighted by Crippen LogP contribution is 2.32. The van der Waals surface area contributed by atoms with Crippen LogP contribution >= 0.6 is 0 Å². The normalized spacial score (nSPS) is 15.1. The summed E-state index contributed by atoms with van der Waals surface area (Å²) in [5.41, 5.74) is 9.40. The molecule has 1 aliphatic heterocycles. The van der Waals surface area contributed by atoms with E-state index in [1.165, 1.54) is 5.56 Å². The molecule has 4 rings (SSSR count). The van der Waals surface area contributed by atoms with Crippen LogP contribution in [0.5, 0.6) is 0 Å². The van der Waals surface area contributed by atoms with Crippen molar-refractivity contribution < 1.29 is 19.7 Å². The zero-order valence-electron chi connectivity index (χ0n) is 23.7. The van der Waals surface area contributed by atoms with Gasteiger partial charge in [-0.1, -0.05) is 32.4 Å². The molecule has 0 aliphatic carbocycles. The minimum absolute atomic E-state index is 0.0605. The molecular formula is C29H44N6O4. The number of pyridine rings is 1. The van der Waals surface area contributed by atoms with Gasteiger partial charge in [-0.2, -0.15) is 0 Å². The monoisotopic (exact) mass is 540 g/mol. The third-order valence-corrected chi connectivity index (χ3v) is 7.84.